The zero-order chi connectivity index (χ0) is 13.8. The number of esters is 1. The summed E-state index contributed by atoms with van der Waals surface area (Å²) in [5.74, 6) is -0.401. The third kappa shape index (κ3) is 2.70. The number of carbonyl (C=O) groups is 1. The Morgan fingerprint density at radius 2 is 2.16 bits per heavy atom. The Morgan fingerprint density at radius 1 is 1.42 bits per heavy atom. The van der Waals surface area contributed by atoms with Crippen molar-refractivity contribution < 1.29 is 9.53 Å². The van der Waals surface area contributed by atoms with E-state index in [9.17, 15) is 9.59 Å². The third-order valence-corrected chi connectivity index (χ3v) is 2.83. The largest absolute Gasteiger partial charge is 0.466 e. The molecule has 19 heavy (non-hydrogen) atoms. The zero-order valence-electron chi connectivity index (χ0n) is 10.8. The fourth-order valence-corrected chi connectivity index (χ4v) is 1.72. The standard InChI is InChI=1S/C14H14N2O3/c1-10(14(18)19-2)7-8-16-9-15-12-6-4-3-5-11(12)13(16)17/h3-7,9H,8H2,1-2H3. The molecule has 0 aliphatic heterocycles. The second-order valence-electron chi connectivity index (χ2n) is 4.10. The van der Waals surface area contributed by atoms with Crippen molar-refractivity contribution in [3.05, 3.63) is 52.6 Å². The van der Waals surface area contributed by atoms with Crippen molar-refractivity contribution in [1.82, 2.24) is 9.55 Å². The SMILES string of the molecule is COC(=O)C(C)=CCn1cnc2ccccc2c1=O. The van der Waals surface area contributed by atoms with E-state index in [0.717, 1.165) is 0 Å². The predicted molar refractivity (Wildman–Crippen MR) is 71.8 cm³/mol. The van der Waals surface area contributed by atoms with Gasteiger partial charge in [0.2, 0.25) is 0 Å². The molecule has 2 aromatic rings. The number of carbonyl (C=O) groups excluding carboxylic acids is 1. The first-order valence-corrected chi connectivity index (χ1v) is 5.82. The summed E-state index contributed by atoms with van der Waals surface area (Å²) in [6.07, 6.45) is 3.12. The summed E-state index contributed by atoms with van der Waals surface area (Å²) in [4.78, 5) is 27.6. The monoisotopic (exact) mass is 258 g/mol. The van der Waals surface area contributed by atoms with Crippen LogP contribution in [-0.2, 0) is 16.1 Å². The third-order valence-electron chi connectivity index (χ3n) is 2.83. The van der Waals surface area contributed by atoms with Gasteiger partial charge in [0.25, 0.3) is 5.56 Å². The highest BCUT2D eigenvalue weighted by Crippen LogP contribution is 2.05. The van der Waals surface area contributed by atoms with Crippen molar-refractivity contribution in [2.45, 2.75) is 13.5 Å². The Bertz CT molecular complexity index is 701. The summed E-state index contributed by atoms with van der Waals surface area (Å²) in [5, 5.41) is 0.564. The molecule has 0 unspecified atom stereocenters. The smallest absolute Gasteiger partial charge is 0.333 e. The Morgan fingerprint density at radius 3 is 2.89 bits per heavy atom. The first kappa shape index (κ1) is 13.0. The highest BCUT2D eigenvalue weighted by molar-refractivity contribution is 5.87. The summed E-state index contributed by atoms with van der Waals surface area (Å²) in [6.45, 7) is 1.93. The average molecular weight is 258 g/mol. The maximum absolute atomic E-state index is 12.2. The van der Waals surface area contributed by atoms with Gasteiger partial charge in [0.15, 0.2) is 0 Å². The molecule has 2 rings (SSSR count). The van der Waals surface area contributed by atoms with E-state index >= 15 is 0 Å². The number of hydrogen-bond donors (Lipinski definition) is 0. The molecule has 5 nitrogen and oxygen atoms in total. The van der Waals surface area contributed by atoms with Crippen LogP contribution in [0, 0.1) is 0 Å². The van der Waals surface area contributed by atoms with Crippen LogP contribution < -0.4 is 5.56 Å². The second-order valence-corrected chi connectivity index (χ2v) is 4.10. The van der Waals surface area contributed by atoms with E-state index in [1.807, 2.05) is 6.07 Å². The summed E-state index contributed by atoms with van der Waals surface area (Å²) in [6, 6.07) is 7.15. The molecule has 1 aromatic heterocycles. The Balaban J connectivity index is 2.35. The van der Waals surface area contributed by atoms with E-state index in [2.05, 4.69) is 9.72 Å². The summed E-state index contributed by atoms with van der Waals surface area (Å²) in [7, 11) is 1.32. The van der Waals surface area contributed by atoms with Crippen molar-refractivity contribution in [2.75, 3.05) is 7.11 Å². The Hall–Kier alpha value is -2.43. The lowest BCUT2D eigenvalue weighted by atomic mass is 10.2. The average Bonchev–Trinajstić information content (AvgIpc) is 2.45. The van der Waals surface area contributed by atoms with Gasteiger partial charge < -0.3 is 4.74 Å². The van der Waals surface area contributed by atoms with Gasteiger partial charge in [0.1, 0.15) is 0 Å². The Labute approximate surface area is 110 Å². The Kier molecular flexibility index (Phi) is 3.75. The number of para-hydroxylation sites is 1. The molecule has 0 fully saturated rings. The molecule has 5 heteroatoms. The fraction of sp³-hybridized carbons (Fsp3) is 0.214. The summed E-state index contributed by atoms with van der Waals surface area (Å²) < 4.78 is 6.04. The van der Waals surface area contributed by atoms with Crippen molar-refractivity contribution in [3.63, 3.8) is 0 Å². The van der Waals surface area contributed by atoms with Gasteiger partial charge >= 0.3 is 5.97 Å². The van der Waals surface area contributed by atoms with Crippen LogP contribution in [-0.4, -0.2) is 22.6 Å². The van der Waals surface area contributed by atoms with Gasteiger partial charge in [-0.15, -0.1) is 0 Å². The minimum absolute atomic E-state index is 0.125. The first-order chi connectivity index (χ1) is 9.13. The number of rotatable bonds is 3. The van der Waals surface area contributed by atoms with Gasteiger partial charge in [0, 0.05) is 12.1 Å². The number of allylic oxidation sites excluding steroid dienone is 1. The molecule has 0 amide bonds. The van der Waals surface area contributed by atoms with Crippen LogP contribution in [0.15, 0.2) is 47.0 Å². The molecule has 0 bridgehead atoms. The van der Waals surface area contributed by atoms with E-state index in [1.165, 1.54) is 18.0 Å². The molecular formula is C14H14N2O3. The van der Waals surface area contributed by atoms with Crippen LogP contribution in [0.25, 0.3) is 10.9 Å². The zero-order valence-corrected chi connectivity index (χ0v) is 10.8. The molecule has 1 aromatic carbocycles. The molecule has 0 saturated carbocycles. The van der Waals surface area contributed by atoms with E-state index in [-0.39, 0.29) is 12.1 Å². The molecule has 1 heterocycles. The molecule has 0 spiro atoms. The van der Waals surface area contributed by atoms with Crippen molar-refractivity contribution in [2.24, 2.45) is 0 Å². The lowest BCUT2D eigenvalue weighted by Crippen LogP contribution is -2.20. The van der Waals surface area contributed by atoms with Crippen molar-refractivity contribution in [1.29, 1.82) is 0 Å². The molecule has 98 valence electrons. The summed E-state index contributed by atoms with van der Waals surface area (Å²) >= 11 is 0. The normalized spacial score (nSPS) is 11.6. The fourth-order valence-electron chi connectivity index (χ4n) is 1.72. The van der Waals surface area contributed by atoms with E-state index in [4.69, 9.17) is 0 Å². The quantitative estimate of drug-likeness (QED) is 0.618. The molecule has 0 radical (unpaired) electrons. The van der Waals surface area contributed by atoms with Crippen molar-refractivity contribution in [3.8, 4) is 0 Å². The molecule has 0 saturated heterocycles. The highest BCUT2D eigenvalue weighted by Gasteiger charge is 2.04. The van der Waals surface area contributed by atoms with Crippen LogP contribution >= 0.6 is 0 Å². The maximum atomic E-state index is 12.2. The van der Waals surface area contributed by atoms with E-state index in [0.29, 0.717) is 16.5 Å². The van der Waals surface area contributed by atoms with E-state index < -0.39 is 5.97 Å². The molecule has 0 aliphatic carbocycles. The minimum Gasteiger partial charge on any atom is -0.466 e. The van der Waals surface area contributed by atoms with Gasteiger partial charge in [-0.1, -0.05) is 18.2 Å². The number of methoxy groups -OCH3 is 1. The minimum atomic E-state index is -0.401. The lowest BCUT2D eigenvalue weighted by Gasteiger charge is -2.04. The predicted octanol–water partition coefficient (Wildman–Crippen LogP) is 1.52. The number of ether oxygens (including phenoxy) is 1. The number of hydrogen-bond acceptors (Lipinski definition) is 4. The number of benzene rings is 1. The topological polar surface area (TPSA) is 61.2 Å². The van der Waals surface area contributed by atoms with Crippen LogP contribution in [0.4, 0.5) is 0 Å². The molecule has 0 aliphatic rings. The van der Waals surface area contributed by atoms with Crippen LogP contribution in [0.3, 0.4) is 0 Å². The second kappa shape index (κ2) is 5.48. The van der Waals surface area contributed by atoms with Crippen LogP contribution in [0.1, 0.15) is 6.92 Å². The highest BCUT2D eigenvalue weighted by atomic mass is 16.5. The molecule has 0 atom stereocenters. The van der Waals surface area contributed by atoms with Gasteiger partial charge in [-0.05, 0) is 19.1 Å². The van der Waals surface area contributed by atoms with Crippen molar-refractivity contribution >= 4 is 16.9 Å². The summed E-state index contributed by atoms with van der Waals surface area (Å²) in [5.41, 5.74) is 1.000. The van der Waals surface area contributed by atoms with Gasteiger partial charge in [-0.25, -0.2) is 9.78 Å². The van der Waals surface area contributed by atoms with Gasteiger partial charge in [-0.3, -0.25) is 9.36 Å². The maximum Gasteiger partial charge on any atom is 0.333 e. The molecule has 0 N–H and O–H groups in total. The van der Waals surface area contributed by atoms with Crippen LogP contribution in [0.2, 0.25) is 0 Å². The first-order valence-electron chi connectivity index (χ1n) is 5.82. The number of aromatic nitrogens is 2. The van der Waals surface area contributed by atoms with Crippen LogP contribution in [0.5, 0.6) is 0 Å². The lowest BCUT2D eigenvalue weighted by molar-refractivity contribution is -0.136. The van der Waals surface area contributed by atoms with Gasteiger partial charge in [0.05, 0.1) is 24.3 Å². The van der Waals surface area contributed by atoms with Gasteiger partial charge in [-0.2, -0.15) is 0 Å². The molecular weight excluding hydrogens is 244 g/mol. The van der Waals surface area contributed by atoms with E-state index in [1.54, 1.807) is 31.2 Å². The number of nitrogens with zero attached hydrogens (tertiary/aromatic N) is 2. The number of fused-ring (bicyclic) bond motifs is 1.